The van der Waals surface area contributed by atoms with Crippen LogP contribution in [0.2, 0.25) is 5.02 Å². The molecule has 3 aromatic heterocycles. The van der Waals surface area contributed by atoms with E-state index in [1.54, 1.807) is 12.4 Å². The summed E-state index contributed by atoms with van der Waals surface area (Å²) in [5, 5.41) is 7.72. The van der Waals surface area contributed by atoms with Crippen molar-refractivity contribution in [2.24, 2.45) is 0 Å². The van der Waals surface area contributed by atoms with E-state index in [1.165, 1.54) is 28.9 Å². The number of piperidine rings is 1. The molecule has 0 aliphatic carbocycles. The third-order valence-electron chi connectivity index (χ3n) is 5.57. The zero-order chi connectivity index (χ0) is 22.2. The highest BCUT2D eigenvalue weighted by Crippen LogP contribution is 2.29. The quantitative estimate of drug-likeness (QED) is 0.488. The number of halogens is 3. The van der Waals surface area contributed by atoms with Gasteiger partial charge in [0.2, 0.25) is 5.95 Å². The monoisotopic (exact) mass is 455 g/mol. The van der Waals surface area contributed by atoms with Gasteiger partial charge in [0.05, 0.1) is 11.2 Å². The van der Waals surface area contributed by atoms with Gasteiger partial charge in [-0.25, -0.2) is 23.3 Å². The first-order valence-corrected chi connectivity index (χ1v) is 10.7. The smallest absolute Gasteiger partial charge is 0.243 e. The molecule has 10 heteroatoms. The van der Waals surface area contributed by atoms with Crippen LogP contribution < -0.4 is 10.2 Å². The highest BCUT2D eigenvalue weighted by molar-refractivity contribution is 6.31. The van der Waals surface area contributed by atoms with Crippen molar-refractivity contribution < 1.29 is 8.78 Å². The fraction of sp³-hybridized carbons (Fsp3) is 0.273. The first-order chi connectivity index (χ1) is 15.5. The van der Waals surface area contributed by atoms with E-state index in [0.717, 1.165) is 37.4 Å². The molecule has 0 amide bonds. The van der Waals surface area contributed by atoms with Crippen LogP contribution in [0.1, 0.15) is 18.5 Å². The fourth-order valence-corrected chi connectivity index (χ4v) is 4.12. The van der Waals surface area contributed by atoms with E-state index in [0.29, 0.717) is 22.7 Å². The van der Waals surface area contributed by atoms with E-state index in [-0.39, 0.29) is 11.1 Å². The summed E-state index contributed by atoms with van der Waals surface area (Å²) < 4.78 is 29.2. The van der Waals surface area contributed by atoms with Gasteiger partial charge < -0.3 is 10.2 Å². The van der Waals surface area contributed by atoms with Crippen molar-refractivity contribution >= 4 is 29.0 Å². The SMILES string of the molecule is Cc1cc(N2CCC(Nc3nc4c(-c5ccc(F)c(Cl)c5)cc(F)cn4n3)CC2)ncn1. The van der Waals surface area contributed by atoms with Gasteiger partial charge in [0, 0.05) is 36.5 Å². The van der Waals surface area contributed by atoms with Crippen molar-refractivity contribution in [3.05, 3.63) is 65.2 Å². The van der Waals surface area contributed by atoms with Crippen molar-refractivity contribution in [2.75, 3.05) is 23.3 Å². The molecule has 0 bridgehead atoms. The lowest BCUT2D eigenvalue weighted by atomic mass is 10.1. The number of anilines is 2. The average molecular weight is 456 g/mol. The molecule has 4 aromatic rings. The van der Waals surface area contributed by atoms with Crippen LogP contribution in [0.4, 0.5) is 20.5 Å². The maximum absolute atomic E-state index is 14.2. The predicted molar refractivity (Wildman–Crippen MR) is 119 cm³/mol. The van der Waals surface area contributed by atoms with Crippen LogP contribution in [0.5, 0.6) is 0 Å². The van der Waals surface area contributed by atoms with Gasteiger partial charge in [0.1, 0.15) is 23.8 Å². The number of aromatic nitrogens is 5. The molecule has 164 valence electrons. The molecule has 5 rings (SSSR count). The molecule has 0 unspecified atom stereocenters. The maximum atomic E-state index is 14.2. The lowest BCUT2D eigenvalue weighted by Crippen LogP contribution is -2.39. The normalized spacial score (nSPS) is 14.8. The molecule has 1 saturated heterocycles. The number of hydrogen-bond acceptors (Lipinski definition) is 6. The Morgan fingerprint density at radius 1 is 1.09 bits per heavy atom. The molecule has 1 aromatic carbocycles. The number of fused-ring (bicyclic) bond motifs is 1. The number of hydrogen-bond donors (Lipinski definition) is 1. The largest absolute Gasteiger partial charge is 0.356 e. The van der Waals surface area contributed by atoms with Crippen LogP contribution in [0.25, 0.3) is 16.8 Å². The maximum Gasteiger partial charge on any atom is 0.243 e. The van der Waals surface area contributed by atoms with Crippen LogP contribution in [-0.2, 0) is 0 Å². The summed E-state index contributed by atoms with van der Waals surface area (Å²) in [5.41, 5.74) is 2.45. The Balaban J connectivity index is 1.35. The van der Waals surface area contributed by atoms with Crippen molar-refractivity contribution in [2.45, 2.75) is 25.8 Å². The van der Waals surface area contributed by atoms with Crippen molar-refractivity contribution in [1.29, 1.82) is 0 Å². The van der Waals surface area contributed by atoms with Gasteiger partial charge in [-0.05, 0) is 43.5 Å². The fourth-order valence-electron chi connectivity index (χ4n) is 3.94. The lowest BCUT2D eigenvalue weighted by Gasteiger charge is -2.32. The van der Waals surface area contributed by atoms with Crippen LogP contribution in [0.3, 0.4) is 0 Å². The average Bonchev–Trinajstić information content (AvgIpc) is 3.17. The zero-order valence-corrected chi connectivity index (χ0v) is 18.0. The number of pyridine rings is 1. The molecule has 0 atom stereocenters. The Bertz CT molecular complexity index is 1280. The molecular formula is C22H20ClF2N7. The van der Waals surface area contributed by atoms with Crippen molar-refractivity contribution in [3.8, 4) is 11.1 Å². The number of rotatable bonds is 4. The number of nitrogens with one attached hydrogen (secondary N) is 1. The predicted octanol–water partition coefficient (Wildman–Crippen LogP) is 4.51. The van der Waals surface area contributed by atoms with Crippen LogP contribution in [0, 0.1) is 18.6 Å². The first kappa shape index (κ1) is 20.6. The van der Waals surface area contributed by atoms with E-state index in [4.69, 9.17) is 11.6 Å². The lowest BCUT2D eigenvalue weighted by molar-refractivity contribution is 0.520. The van der Waals surface area contributed by atoms with E-state index >= 15 is 0 Å². The van der Waals surface area contributed by atoms with Gasteiger partial charge >= 0.3 is 0 Å². The zero-order valence-electron chi connectivity index (χ0n) is 17.3. The Labute approximate surface area is 188 Å². The summed E-state index contributed by atoms with van der Waals surface area (Å²) in [6.45, 7) is 3.64. The molecular weight excluding hydrogens is 436 g/mol. The standard InChI is InChI=1S/C22H20ClF2N7/c1-13-8-20(27-12-26-13)31-6-4-16(5-7-31)28-22-29-21-17(10-15(24)11-32(21)30-22)14-2-3-19(25)18(23)9-14/h2-3,8-12,16H,4-7H2,1H3,(H,28,30). The summed E-state index contributed by atoms with van der Waals surface area (Å²) in [5.74, 6) is 0.342. The topological polar surface area (TPSA) is 71.2 Å². The van der Waals surface area contributed by atoms with E-state index in [1.807, 2.05) is 13.0 Å². The Morgan fingerprint density at radius 3 is 2.66 bits per heavy atom. The third-order valence-corrected chi connectivity index (χ3v) is 5.86. The highest BCUT2D eigenvalue weighted by Gasteiger charge is 2.22. The second-order valence-electron chi connectivity index (χ2n) is 7.83. The molecule has 32 heavy (non-hydrogen) atoms. The Morgan fingerprint density at radius 2 is 1.91 bits per heavy atom. The molecule has 0 spiro atoms. The molecule has 1 aliphatic rings. The molecule has 1 fully saturated rings. The number of aryl methyl sites for hydroxylation is 1. The molecule has 7 nitrogen and oxygen atoms in total. The summed E-state index contributed by atoms with van der Waals surface area (Å²) in [4.78, 5) is 15.3. The van der Waals surface area contributed by atoms with Gasteiger partial charge in [-0.3, -0.25) is 0 Å². The summed E-state index contributed by atoms with van der Waals surface area (Å²) in [7, 11) is 0. The summed E-state index contributed by atoms with van der Waals surface area (Å²) in [6, 6.07) is 7.76. The number of nitrogens with zero attached hydrogens (tertiary/aromatic N) is 6. The van der Waals surface area contributed by atoms with Crippen molar-refractivity contribution in [1.82, 2.24) is 24.6 Å². The molecule has 0 radical (unpaired) electrons. The minimum Gasteiger partial charge on any atom is -0.356 e. The second-order valence-corrected chi connectivity index (χ2v) is 8.23. The van der Waals surface area contributed by atoms with Crippen LogP contribution >= 0.6 is 11.6 Å². The Hall–Kier alpha value is -3.33. The van der Waals surface area contributed by atoms with Crippen LogP contribution in [-0.4, -0.2) is 43.7 Å². The summed E-state index contributed by atoms with van der Waals surface area (Å²) >= 11 is 5.92. The van der Waals surface area contributed by atoms with Gasteiger partial charge in [-0.15, -0.1) is 5.10 Å². The summed E-state index contributed by atoms with van der Waals surface area (Å²) in [6.07, 6.45) is 4.61. The van der Waals surface area contributed by atoms with E-state index < -0.39 is 11.6 Å². The van der Waals surface area contributed by atoms with Crippen molar-refractivity contribution in [3.63, 3.8) is 0 Å². The minimum absolute atomic E-state index is 0.0339. The third kappa shape index (κ3) is 4.08. The van der Waals surface area contributed by atoms with Gasteiger partial charge in [-0.1, -0.05) is 17.7 Å². The number of benzene rings is 1. The molecule has 4 heterocycles. The minimum atomic E-state index is -0.532. The van der Waals surface area contributed by atoms with Gasteiger partial charge in [0.25, 0.3) is 0 Å². The highest BCUT2D eigenvalue weighted by atomic mass is 35.5. The van der Waals surface area contributed by atoms with Gasteiger partial charge in [-0.2, -0.15) is 4.98 Å². The van der Waals surface area contributed by atoms with E-state index in [2.05, 4.69) is 30.3 Å². The molecule has 1 N–H and O–H groups in total. The molecule has 0 saturated carbocycles. The first-order valence-electron chi connectivity index (χ1n) is 10.3. The second kappa shape index (κ2) is 8.31. The van der Waals surface area contributed by atoms with Crippen LogP contribution in [0.15, 0.2) is 42.9 Å². The Kier molecular flexibility index (Phi) is 5.34. The van der Waals surface area contributed by atoms with Gasteiger partial charge in [0.15, 0.2) is 5.65 Å². The molecule has 1 aliphatic heterocycles. The van der Waals surface area contributed by atoms with E-state index in [9.17, 15) is 8.78 Å².